The van der Waals surface area contributed by atoms with E-state index >= 15 is 0 Å². The minimum Gasteiger partial charge on any atom is -0.477 e. The van der Waals surface area contributed by atoms with Crippen LogP contribution in [0.4, 0.5) is 5.69 Å². The number of nitrogens with two attached hydrogens (primary N) is 1. The Bertz CT molecular complexity index is 1060. The third kappa shape index (κ3) is 2.84. The number of carbonyl (C=O) groups is 2. The Labute approximate surface area is 160 Å². The van der Waals surface area contributed by atoms with E-state index in [1.807, 2.05) is 12.1 Å². The first-order valence-corrected chi connectivity index (χ1v) is 9.45. The van der Waals surface area contributed by atoms with E-state index in [1.165, 1.54) is 0 Å². The number of carboxylic acid groups (broad SMARTS) is 1. The van der Waals surface area contributed by atoms with Crippen molar-refractivity contribution < 1.29 is 14.7 Å². The van der Waals surface area contributed by atoms with E-state index in [1.54, 1.807) is 17.8 Å². The average molecular weight is 381 g/mol. The number of Topliss-reactive ketones (excluding diaryl/α,β-unsaturated/α-hetero) is 1. The summed E-state index contributed by atoms with van der Waals surface area (Å²) in [6.45, 7) is 4.12. The van der Waals surface area contributed by atoms with Crippen LogP contribution in [0.5, 0.6) is 0 Å². The average Bonchev–Trinajstić information content (AvgIpc) is 3.15. The fourth-order valence-electron chi connectivity index (χ4n) is 3.83. The maximum absolute atomic E-state index is 13.0. The summed E-state index contributed by atoms with van der Waals surface area (Å²) in [6, 6.07) is 3.67. The second-order valence-corrected chi connectivity index (χ2v) is 8.49. The van der Waals surface area contributed by atoms with Crippen LogP contribution in [-0.2, 0) is 6.42 Å². The fourth-order valence-corrected chi connectivity index (χ4v) is 4.63. The number of ketones is 1. The van der Waals surface area contributed by atoms with E-state index in [-0.39, 0.29) is 16.1 Å². The minimum absolute atomic E-state index is 0.00902. The molecule has 0 radical (unpaired) electrons. The second-order valence-electron chi connectivity index (χ2n) is 7.61. The van der Waals surface area contributed by atoms with Gasteiger partial charge in [0.25, 0.3) is 0 Å². The maximum atomic E-state index is 13.0. The van der Waals surface area contributed by atoms with Gasteiger partial charge in [-0.25, -0.2) is 4.79 Å². The summed E-state index contributed by atoms with van der Waals surface area (Å²) < 4.78 is 0. The van der Waals surface area contributed by atoms with Crippen molar-refractivity contribution in [3.8, 4) is 22.4 Å². The van der Waals surface area contributed by atoms with Crippen molar-refractivity contribution in [1.82, 2.24) is 9.97 Å². The lowest BCUT2D eigenvalue weighted by Gasteiger charge is -2.28. The number of anilines is 1. The monoisotopic (exact) mass is 381 g/mol. The van der Waals surface area contributed by atoms with E-state index in [0.29, 0.717) is 40.9 Å². The fraction of sp³-hybridized carbons (Fsp3) is 0.250. The first kappa shape index (κ1) is 17.5. The smallest absolute Gasteiger partial charge is 0.346 e. The van der Waals surface area contributed by atoms with Crippen LogP contribution < -0.4 is 5.73 Å². The quantitative estimate of drug-likeness (QED) is 0.629. The summed E-state index contributed by atoms with van der Waals surface area (Å²) in [4.78, 5) is 32.4. The number of nitrogens with one attached hydrogen (secondary N) is 1. The topological polar surface area (TPSA) is 109 Å². The number of carboxylic acids is 1. The van der Waals surface area contributed by atoms with Crippen molar-refractivity contribution in [2.75, 3.05) is 5.73 Å². The van der Waals surface area contributed by atoms with Gasteiger partial charge in [-0.15, -0.1) is 11.3 Å². The molecule has 0 spiro atoms. The number of H-pyrrole nitrogens is 1. The van der Waals surface area contributed by atoms with Gasteiger partial charge in [-0.05, 0) is 24.0 Å². The lowest BCUT2D eigenvalue weighted by atomic mass is 9.75. The summed E-state index contributed by atoms with van der Waals surface area (Å²) >= 11 is 1.08. The highest BCUT2D eigenvalue weighted by Crippen LogP contribution is 2.47. The van der Waals surface area contributed by atoms with Crippen LogP contribution in [0.3, 0.4) is 0 Å². The maximum Gasteiger partial charge on any atom is 0.346 e. The molecule has 138 valence electrons. The number of nitrogens with zero attached hydrogens (tertiary/aromatic N) is 1. The predicted octanol–water partition coefficient (Wildman–Crippen LogP) is 4.24. The van der Waals surface area contributed by atoms with Gasteiger partial charge in [-0.2, -0.15) is 0 Å². The Kier molecular flexibility index (Phi) is 3.92. The lowest BCUT2D eigenvalue weighted by Crippen LogP contribution is -2.26. The van der Waals surface area contributed by atoms with Gasteiger partial charge in [0.1, 0.15) is 4.88 Å². The van der Waals surface area contributed by atoms with Crippen molar-refractivity contribution in [2.45, 2.75) is 26.7 Å². The standard InChI is InChI=1S/C20H19N3O3S/c1-20(2)7-12-15(13(24)8-20)16(14-11(21)9-27-18(14)19(25)26)17(23-12)10-3-5-22-6-4-10/h3-6,9,23H,7-8,21H2,1-2H3,(H,25,26). The molecular weight excluding hydrogens is 362 g/mol. The summed E-state index contributed by atoms with van der Waals surface area (Å²) in [5.74, 6) is -1.04. The number of aromatic carboxylic acids is 1. The number of thiophene rings is 1. The molecule has 1 aliphatic rings. The molecule has 0 aromatic carbocycles. The molecule has 0 aliphatic heterocycles. The van der Waals surface area contributed by atoms with Gasteiger partial charge in [0.15, 0.2) is 5.78 Å². The van der Waals surface area contributed by atoms with Crippen LogP contribution in [0.15, 0.2) is 29.9 Å². The molecule has 7 heteroatoms. The van der Waals surface area contributed by atoms with Crippen LogP contribution in [0.25, 0.3) is 22.4 Å². The van der Waals surface area contributed by atoms with Crippen LogP contribution in [0.1, 0.15) is 46.0 Å². The molecule has 6 nitrogen and oxygen atoms in total. The normalized spacial score (nSPS) is 15.6. The molecule has 0 amide bonds. The first-order chi connectivity index (χ1) is 12.8. The third-order valence-electron chi connectivity index (χ3n) is 4.88. The highest BCUT2D eigenvalue weighted by Gasteiger charge is 2.37. The Hall–Kier alpha value is -2.93. The number of hydrogen-bond acceptors (Lipinski definition) is 5. The van der Waals surface area contributed by atoms with Crippen LogP contribution >= 0.6 is 11.3 Å². The van der Waals surface area contributed by atoms with Crippen LogP contribution in [0, 0.1) is 5.41 Å². The van der Waals surface area contributed by atoms with Crippen molar-refractivity contribution in [3.05, 3.63) is 46.0 Å². The molecule has 1 aliphatic carbocycles. The Balaban J connectivity index is 2.07. The molecule has 0 atom stereocenters. The molecule has 3 aromatic rings. The number of nitrogen functional groups attached to an aromatic ring is 1. The molecule has 0 fully saturated rings. The summed E-state index contributed by atoms with van der Waals surface area (Å²) in [7, 11) is 0. The van der Waals surface area contributed by atoms with Gasteiger partial charge in [0, 0.05) is 52.1 Å². The highest BCUT2D eigenvalue weighted by atomic mass is 32.1. The van der Waals surface area contributed by atoms with Crippen molar-refractivity contribution in [2.24, 2.45) is 5.41 Å². The molecule has 27 heavy (non-hydrogen) atoms. The van der Waals surface area contributed by atoms with Gasteiger partial charge < -0.3 is 15.8 Å². The highest BCUT2D eigenvalue weighted by molar-refractivity contribution is 7.13. The van der Waals surface area contributed by atoms with E-state index in [9.17, 15) is 14.7 Å². The molecule has 0 saturated heterocycles. The van der Waals surface area contributed by atoms with Gasteiger partial charge in [0.05, 0.1) is 11.4 Å². The molecule has 3 heterocycles. The number of hydrogen-bond donors (Lipinski definition) is 3. The van der Waals surface area contributed by atoms with E-state index in [0.717, 1.165) is 22.6 Å². The summed E-state index contributed by atoms with van der Waals surface area (Å²) in [6.07, 6.45) is 4.45. The lowest BCUT2D eigenvalue weighted by molar-refractivity contribution is 0.0702. The zero-order chi connectivity index (χ0) is 19.3. The molecule has 0 saturated carbocycles. The molecule has 3 aromatic heterocycles. The number of pyridine rings is 1. The largest absolute Gasteiger partial charge is 0.477 e. The number of aromatic amines is 1. The molecule has 0 unspecified atom stereocenters. The third-order valence-corrected chi connectivity index (χ3v) is 5.87. The minimum atomic E-state index is -1.05. The summed E-state index contributed by atoms with van der Waals surface area (Å²) in [5.41, 5.74) is 10.3. The zero-order valence-corrected chi connectivity index (χ0v) is 15.8. The van der Waals surface area contributed by atoms with Gasteiger partial charge in [-0.1, -0.05) is 13.8 Å². The van der Waals surface area contributed by atoms with Crippen molar-refractivity contribution in [1.29, 1.82) is 0 Å². The van der Waals surface area contributed by atoms with Crippen LogP contribution in [0.2, 0.25) is 0 Å². The number of aromatic nitrogens is 2. The number of carbonyl (C=O) groups excluding carboxylic acids is 1. The predicted molar refractivity (Wildman–Crippen MR) is 105 cm³/mol. The van der Waals surface area contributed by atoms with Crippen molar-refractivity contribution >= 4 is 28.8 Å². The van der Waals surface area contributed by atoms with Gasteiger partial charge >= 0.3 is 5.97 Å². The molecule has 4 N–H and O–H groups in total. The van der Waals surface area contributed by atoms with E-state index in [2.05, 4.69) is 23.8 Å². The van der Waals surface area contributed by atoms with Gasteiger partial charge in [-0.3, -0.25) is 9.78 Å². The molecular formula is C20H19N3O3S. The molecule has 0 bridgehead atoms. The first-order valence-electron chi connectivity index (χ1n) is 8.57. The van der Waals surface area contributed by atoms with Crippen LogP contribution in [-0.4, -0.2) is 26.8 Å². The van der Waals surface area contributed by atoms with E-state index in [4.69, 9.17) is 5.73 Å². The summed E-state index contributed by atoms with van der Waals surface area (Å²) in [5, 5.41) is 11.3. The Morgan fingerprint density at radius 3 is 2.59 bits per heavy atom. The Morgan fingerprint density at radius 1 is 1.22 bits per heavy atom. The Morgan fingerprint density at radius 2 is 1.93 bits per heavy atom. The SMILES string of the molecule is CC1(C)CC(=O)c2c([nH]c(-c3ccncc3)c2-c2c(N)csc2C(=O)O)C1. The number of rotatable bonds is 3. The van der Waals surface area contributed by atoms with Crippen molar-refractivity contribution in [3.63, 3.8) is 0 Å². The number of fused-ring (bicyclic) bond motifs is 1. The second kappa shape index (κ2) is 6.06. The zero-order valence-electron chi connectivity index (χ0n) is 15.0. The van der Waals surface area contributed by atoms with Gasteiger partial charge in [0.2, 0.25) is 0 Å². The van der Waals surface area contributed by atoms with E-state index < -0.39 is 5.97 Å². The molecule has 4 rings (SSSR count).